The van der Waals surface area contributed by atoms with E-state index in [1.54, 1.807) is 0 Å². The molecule has 2 bridgehead atoms. The third-order valence-electron chi connectivity index (χ3n) is 7.19. The minimum Gasteiger partial charge on any atom is -0.378 e. The van der Waals surface area contributed by atoms with E-state index in [1.807, 2.05) is 19.4 Å². The number of rotatable bonds is 6. The highest BCUT2D eigenvalue weighted by Crippen LogP contribution is 2.66. The van der Waals surface area contributed by atoms with Crippen LogP contribution in [0, 0.1) is 11.3 Å². The molecule has 2 N–H and O–H groups in total. The normalized spacial score (nSPS) is 30.7. The third-order valence-corrected chi connectivity index (χ3v) is 7.19. The largest absolute Gasteiger partial charge is 0.378 e. The first-order chi connectivity index (χ1) is 13.2. The van der Waals surface area contributed by atoms with Crippen molar-refractivity contribution in [2.24, 2.45) is 11.3 Å². The summed E-state index contributed by atoms with van der Waals surface area (Å²) in [6.07, 6.45) is 9.37. The van der Waals surface area contributed by atoms with E-state index in [-0.39, 0.29) is 5.60 Å². The van der Waals surface area contributed by atoms with Crippen LogP contribution in [0.1, 0.15) is 50.1 Å². The number of fused-ring (bicyclic) bond motifs is 2. The number of aromatic nitrogens is 4. The summed E-state index contributed by atoms with van der Waals surface area (Å²) in [7, 11) is 1.88. The quantitative estimate of drug-likeness (QED) is 0.817. The Kier molecular flexibility index (Phi) is 3.20. The van der Waals surface area contributed by atoms with Crippen molar-refractivity contribution in [2.75, 3.05) is 30.4 Å². The fourth-order valence-corrected chi connectivity index (χ4v) is 5.48. The molecule has 2 aromatic rings. The predicted octanol–water partition coefficient (Wildman–Crippen LogP) is 3.22. The van der Waals surface area contributed by atoms with Crippen LogP contribution in [0.5, 0.6) is 0 Å². The number of piperidine rings is 2. The van der Waals surface area contributed by atoms with Gasteiger partial charge in [-0.05, 0) is 50.5 Å². The monoisotopic (exact) mass is 366 g/mol. The first-order valence-electron chi connectivity index (χ1n) is 10.1. The minimum absolute atomic E-state index is 0.117. The summed E-state index contributed by atoms with van der Waals surface area (Å²) in [5.41, 5.74) is 1.64. The van der Waals surface area contributed by atoms with Crippen LogP contribution in [0.15, 0.2) is 18.3 Å². The number of ether oxygens (including phenoxy) is 1. The van der Waals surface area contributed by atoms with E-state index in [0.717, 1.165) is 36.6 Å². The smallest absolute Gasteiger partial charge is 0.227 e. The van der Waals surface area contributed by atoms with Gasteiger partial charge in [0.05, 0.1) is 5.60 Å². The summed E-state index contributed by atoms with van der Waals surface area (Å²) in [6.45, 7) is 2.06. The van der Waals surface area contributed by atoms with Crippen LogP contribution in [-0.4, -0.2) is 46.0 Å². The molecule has 0 amide bonds. The zero-order chi connectivity index (χ0) is 18.1. The predicted molar refractivity (Wildman–Crippen MR) is 102 cm³/mol. The van der Waals surface area contributed by atoms with Crippen molar-refractivity contribution in [3.05, 3.63) is 24.0 Å². The summed E-state index contributed by atoms with van der Waals surface area (Å²) in [4.78, 5) is 11.7. The van der Waals surface area contributed by atoms with E-state index in [0.29, 0.717) is 11.3 Å². The Morgan fingerprint density at radius 2 is 2.11 bits per heavy atom. The zero-order valence-electron chi connectivity index (χ0n) is 15.7. The molecule has 4 heterocycles. The maximum absolute atomic E-state index is 5.95. The van der Waals surface area contributed by atoms with Crippen molar-refractivity contribution in [1.29, 1.82) is 0 Å². The van der Waals surface area contributed by atoms with Crippen molar-refractivity contribution in [2.45, 2.75) is 50.0 Å². The lowest BCUT2D eigenvalue weighted by molar-refractivity contribution is -0.118. The molecule has 0 aromatic carbocycles. The summed E-state index contributed by atoms with van der Waals surface area (Å²) in [6, 6.07) is 4.01. The molecule has 0 radical (unpaired) electrons. The Balaban J connectivity index is 1.20. The topological polar surface area (TPSA) is 79.0 Å². The van der Waals surface area contributed by atoms with Gasteiger partial charge in [0.25, 0.3) is 0 Å². The molecule has 0 unspecified atom stereocenters. The van der Waals surface area contributed by atoms with E-state index in [4.69, 9.17) is 9.72 Å². The second-order valence-corrected chi connectivity index (χ2v) is 8.98. The van der Waals surface area contributed by atoms with Gasteiger partial charge >= 0.3 is 0 Å². The number of aromatic amines is 1. The molecule has 142 valence electrons. The summed E-state index contributed by atoms with van der Waals surface area (Å²) in [5.74, 6) is 3.87. The highest BCUT2D eigenvalue weighted by Gasteiger charge is 2.67. The maximum Gasteiger partial charge on any atom is 0.227 e. The van der Waals surface area contributed by atoms with Gasteiger partial charge in [-0.1, -0.05) is 0 Å². The molecule has 7 heteroatoms. The minimum atomic E-state index is 0.117. The third kappa shape index (κ3) is 2.47. The van der Waals surface area contributed by atoms with Gasteiger partial charge < -0.3 is 15.0 Å². The Morgan fingerprint density at radius 1 is 1.26 bits per heavy atom. The molecule has 7 nitrogen and oxygen atoms in total. The Labute approximate surface area is 158 Å². The van der Waals surface area contributed by atoms with Crippen LogP contribution in [0.25, 0.3) is 0 Å². The van der Waals surface area contributed by atoms with Crippen molar-refractivity contribution >= 4 is 17.6 Å². The van der Waals surface area contributed by atoms with Gasteiger partial charge in [-0.2, -0.15) is 10.1 Å². The van der Waals surface area contributed by atoms with Crippen LogP contribution in [0.3, 0.4) is 0 Å². The molecular formula is C20H26N6O. The molecule has 2 aliphatic heterocycles. The van der Waals surface area contributed by atoms with Gasteiger partial charge in [-0.3, -0.25) is 5.10 Å². The van der Waals surface area contributed by atoms with E-state index >= 15 is 0 Å². The fourth-order valence-electron chi connectivity index (χ4n) is 5.48. The summed E-state index contributed by atoms with van der Waals surface area (Å²) >= 11 is 0. The number of nitrogens with one attached hydrogen (secondary N) is 2. The molecule has 0 atom stereocenters. The zero-order valence-corrected chi connectivity index (χ0v) is 15.7. The lowest BCUT2D eigenvalue weighted by atomic mass is 9.55. The van der Waals surface area contributed by atoms with Crippen LogP contribution >= 0.6 is 0 Å². The molecule has 2 aromatic heterocycles. The average Bonchev–Trinajstić information content (AvgIpc) is 3.60. The van der Waals surface area contributed by atoms with Gasteiger partial charge in [0, 0.05) is 49.5 Å². The first-order valence-corrected chi connectivity index (χ1v) is 10.1. The number of H-pyrrole nitrogens is 1. The van der Waals surface area contributed by atoms with Crippen LogP contribution in [0.4, 0.5) is 17.6 Å². The van der Waals surface area contributed by atoms with E-state index < -0.39 is 0 Å². The number of hydrogen-bond donors (Lipinski definition) is 2. The van der Waals surface area contributed by atoms with E-state index in [2.05, 4.69) is 31.5 Å². The fraction of sp³-hybridized carbons (Fsp3) is 0.650. The van der Waals surface area contributed by atoms with E-state index in [9.17, 15) is 0 Å². The molecule has 3 saturated carbocycles. The van der Waals surface area contributed by atoms with Crippen LogP contribution < -0.4 is 10.2 Å². The molecule has 5 fully saturated rings. The van der Waals surface area contributed by atoms with Crippen molar-refractivity contribution in [3.8, 4) is 0 Å². The maximum atomic E-state index is 5.95. The molecule has 0 spiro atoms. The first kappa shape index (κ1) is 15.9. The highest BCUT2D eigenvalue weighted by molar-refractivity contribution is 5.54. The lowest BCUT2D eigenvalue weighted by Crippen LogP contribution is -2.63. The lowest BCUT2D eigenvalue weighted by Gasteiger charge is -2.59. The Bertz CT molecular complexity index is 865. The van der Waals surface area contributed by atoms with Gasteiger partial charge in [-0.15, -0.1) is 0 Å². The molecule has 7 rings (SSSR count). The molecule has 3 aliphatic carbocycles. The van der Waals surface area contributed by atoms with Crippen LogP contribution in [-0.2, 0) is 4.74 Å². The van der Waals surface area contributed by atoms with Crippen molar-refractivity contribution in [1.82, 2.24) is 20.2 Å². The van der Waals surface area contributed by atoms with Crippen LogP contribution in [0.2, 0.25) is 0 Å². The highest BCUT2D eigenvalue weighted by atomic mass is 16.5. The number of nitrogens with zero attached hydrogens (tertiary/aromatic N) is 4. The second-order valence-electron chi connectivity index (χ2n) is 8.98. The number of anilines is 3. The second kappa shape index (κ2) is 5.44. The standard InChI is InChI=1S/C20H26N6O/c1-27-20(5-6-20)19-9-13(10-19)11-26(12-19)18-21-7-4-16(23-18)22-17-8-15(24-25-17)14-2-3-14/h4,7-8,13-14H,2-3,5-6,9-12H2,1H3,(H2,21,22,23,24,25). The van der Waals surface area contributed by atoms with Crippen molar-refractivity contribution in [3.63, 3.8) is 0 Å². The van der Waals surface area contributed by atoms with Gasteiger partial charge in [-0.25, -0.2) is 4.98 Å². The Morgan fingerprint density at radius 3 is 2.85 bits per heavy atom. The summed E-state index contributed by atoms with van der Waals surface area (Å²) in [5, 5.41) is 10.8. The Hall–Kier alpha value is -2.15. The molecule has 2 saturated heterocycles. The number of hydrogen-bond acceptors (Lipinski definition) is 6. The SMILES string of the molecule is COC1(C23CC(CN(c4nccc(Nc5cc(C6CC6)[nH]n5)n4)C2)C3)CC1. The van der Waals surface area contributed by atoms with Gasteiger partial charge in [0.2, 0.25) is 5.95 Å². The van der Waals surface area contributed by atoms with E-state index in [1.165, 1.54) is 44.2 Å². The van der Waals surface area contributed by atoms with Gasteiger partial charge in [0.15, 0.2) is 5.82 Å². The molecule has 5 aliphatic rings. The molecular weight excluding hydrogens is 340 g/mol. The number of methoxy groups -OCH3 is 1. The average molecular weight is 366 g/mol. The van der Waals surface area contributed by atoms with Gasteiger partial charge in [0.1, 0.15) is 5.82 Å². The van der Waals surface area contributed by atoms with Crippen molar-refractivity contribution < 1.29 is 4.74 Å². The summed E-state index contributed by atoms with van der Waals surface area (Å²) < 4.78 is 5.95. The molecule has 27 heavy (non-hydrogen) atoms.